The van der Waals surface area contributed by atoms with E-state index in [0.717, 1.165) is 83.5 Å². The maximum Gasteiger partial charge on any atom is 0.306 e. The van der Waals surface area contributed by atoms with Crippen LogP contribution < -0.4 is 0 Å². The van der Waals surface area contributed by atoms with Gasteiger partial charge >= 0.3 is 17.9 Å². The second kappa shape index (κ2) is 51.5. The van der Waals surface area contributed by atoms with Gasteiger partial charge in [0.25, 0.3) is 0 Å². The molecular weight excluding hydrogens is 781 g/mol. The van der Waals surface area contributed by atoms with Crippen molar-refractivity contribution in [1.82, 2.24) is 0 Å². The highest BCUT2D eigenvalue weighted by atomic mass is 16.6. The van der Waals surface area contributed by atoms with Crippen molar-refractivity contribution in [3.63, 3.8) is 0 Å². The van der Waals surface area contributed by atoms with E-state index < -0.39 is 6.10 Å². The van der Waals surface area contributed by atoms with Crippen molar-refractivity contribution < 1.29 is 28.6 Å². The number of rotatable bonds is 47. The third kappa shape index (κ3) is 49.7. The highest BCUT2D eigenvalue weighted by molar-refractivity contribution is 5.71. The van der Waals surface area contributed by atoms with Crippen molar-refractivity contribution in [2.45, 2.75) is 258 Å². The van der Waals surface area contributed by atoms with Crippen LogP contribution in [0.1, 0.15) is 252 Å². The van der Waals surface area contributed by atoms with Crippen LogP contribution in [0.25, 0.3) is 0 Å². The Balaban J connectivity index is 4.47. The lowest BCUT2D eigenvalue weighted by molar-refractivity contribution is -0.166. The fraction of sp³-hybridized carbons (Fsp3) is 0.737. The molecule has 0 N–H and O–H groups in total. The van der Waals surface area contributed by atoms with E-state index in [9.17, 15) is 14.4 Å². The summed E-state index contributed by atoms with van der Waals surface area (Å²) in [6, 6.07) is 0. The lowest BCUT2D eigenvalue weighted by Crippen LogP contribution is -2.30. The van der Waals surface area contributed by atoms with Crippen molar-refractivity contribution in [3.8, 4) is 0 Å². The van der Waals surface area contributed by atoms with Crippen LogP contribution in [0, 0.1) is 0 Å². The molecule has 0 aromatic carbocycles. The fourth-order valence-electron chi connectivity index (χ4n) is 7.21. The van der Waals surface area contributed by atoms with E-state index in [1.54, 1.807) is 0 Å². The summed E-state index contributed by atoms with van der Waals surface area (Å²) in [5.74, 6) is -1.00. The second-order valence-corrected chi connectivity index (χ2v) is 17.4. The van der Waals surface area contributed by atoms with Crippen LogP contribution in [-0.4, -0.2) is 37.2 Å². The molecule has 0 aromatic heterocycles. The molecule has 0 saturated carbocycles. The van der Waals surface area contributed by atoms with Gasteiger partial charge in [-0.15, -0.1) is 0 Å². The number of carbonyl (C=O) groups is 3. The van der Waals surface area contributed by atoms with Crippen LogP contribution in [-0.2, 0) is 28.6 Å². The highest BCUT2D eigenvalue weighted by Crippen LogP contribution is 2.14. The molecule has 1 atom stereocenters. The van der Waals surface area contributed by atoms with Gasteiger partial charge in [0.1, 0.15) is 13.2 Å². The van der Waals surface area contributed by atoms with E-state index in [1.807, 2.05) is 12.2 Å². The third-order valence-electron chi connectivity index (χ3n) is 11.2. The minimum atomic E-state index is -0.811. The zero-order valence-corrected chi connectivity index (χ0v) is 41.3. The monoisotopic (exact) mass is 879 g/mol. The SMILES string of the molecule is CC/C=C\C/C=C\C/C=C\C/C=C\CCC(=O)OCC(COC(=O)CCCCCCC/C=C\CCCCCCCCC)OC(=O)CCCCCCC/C=C\CCCCCCCCC. The van der Waals surface area contributed by atoms with Crippen LogP contribution in [0.4, 0.5) is 0 Å². The summed E-state index contributed by atoms with van der Waals surface area (Å²) in [6.07, 6.45) is 64.7. The Morgan fingerprint density at radius 2 is 0.651 bits per heavy atom. The van der Waals surface area contributed by atoms with E-state index in [1.165, 1.54) is 122 Å². The summed E-state index contributed by atoms with van der Waals surface area (Å²) in [6.45, 7) is 6.44. The normalized spacial score (nSPS) is 12.6. The van der Waals surface area contributed by atoms with Gasteiger partial charge in [-0.25, -0.2) is 0 Å². The van der Waals surface area contributed by atoms with Gasteiger partial charge in [0.15, 0.2) is 6.10 Å². The Morgan fingerprint density at radius 1 is 0.333 bits per heavy atom. The predicted molar refractivity (Wildman–Crippen MR) is 270 cm³/mol. The number of hydrogen-bond acceptors (Lipinski definition) is 6. The highest BCUT2D eigenvalue weighted by Gasteiger charge is 2.19. The van der Waals surface area contributed by atoms with E-state index in [4.69, 9.17) is 14.2 Å². The Kier molecular flexibility index (Phi) is 48.9. The standard InChI is InChI=1S/C57H98O6/c1-4-7-10-13-16-19-22-25-27-29-32-35-38-41-44-47-50-56(59)62-53-54(52-61-55(58)49-46-43-40-37-34-31-24-21-18-15-12-9-6-3)63-57(60)51-48-45-42-39-36-33-30-28-26-23-20-17-14-11-8-5-2/h9,12,18,21,27-31,34,40,43,54H,4-8,10-11,13-17,19-20,22-26,32-33,35-39,41-42,44-53H2,1-3H3/b12-9-,21-18-,29-27-,30-28-,34-31-,43-40-. The van der Waals surface area contributed by atoms with E-state index in [0.29, 0.717) is 19.3 Å². The maximum atomic E-state index is 12.8. The second-order valence-electron chi connectivity index (χ2n) is 17.4. The molecule has 0 spiro atoms. The first kappa shape index (κ1) is 59.9. The third-order valence-corrected chi connectivity index (χ3v) is 11.2. The van der Waals surface area contributed by atoms with E-state index in [2.05, 4.69) is 81.5 Å². The molecule has 0 aliphatic heterocycles. The molecule has 6 heteroatoms. The summed E-state index contributed by atoms with van der Waals surface area (Å²) in [4.78, 5) is 38.0. The number of hydrogen-bond donors (Lipinski definition) is 0. The average molecular weight is 879 g/mol. The first-order valence-electron chi connectivity index (χ1n) is 26.4. The van der Waals surface area contributed by atoms with Crippen molar-refractivity contribution in [2.24, 2.45) is 0 Å². The van der Waals surface area contributed by atoms with Gasteiger partial charge < -0.3 is 14.2 Å². The van der Waals surface area contributed by atoms with Gasteiger partial charge in [-0.1, -0.05) is 209 Å². The molecule has 0 amide bonds. The molecule has 0 bridgehead atoms. The molecule has 6 nitrogen and oxygen atoms in total. The molecule has 63 heavy (non-hydrogen) atoms. The summed E-state index contributed by atoms with van der Waals surface area (Å²) < 4.78 is 16.7. The lowest BCUT2D eigenvalue weighted by Gasteiger charge is -2.18. The first-order valence-corrected chi connectivity index (χ1v) is 26.4. The summed E-state index contributed by atoms with van der Waals surface area (Å²) in [7, 11) is 0. The van der Waals surface area contributed by atoms with Gasteiger partial charge in [0.05, 0.1) is 0 Å². The van der Waals surface area contributed by atoms with Gasteiger partial charge in [-0.3, -0.25) is 14.4 Å². The molecule has 0 fully saturated rings. The van der Waals surface area contributed by atoms with Crippen molar-refractivity contribution in [1.29, 1.82) is 0 Å². The zero-order chi connectivity index (χ0) is 45.8. The van der Waals surface area contributed by atoms with Crippen LogP contribution in [0.3, 0.4) is 0 Å². The van der Waals surface area contributed by atoms with Crippen LogP contribution in [0.5, 0.6) is 0 Å². The summed E-state index contributed by atoms with van der Waals surface area (Å²) in [5.41, 5.74) is 0. The minimum Gasteiger partial charge on any atom is -0.462 e. The largest absolute Gasteiger partial charge is 0.462 e. The average Bonchev–Trinajstić information content (AvgIpc) is 3.28. The summed E-state index contributed by atoms with van der Waals surface area (Å²) >= 11 is 0. The number of ether oxygens (including phenoxy) is 3. The predicted octanol–water partition coefficient (Wildman–Crippen LogP) is 17.4. The zero-order valence-electron chi connectivity index (χ0n) is 41.3. The van der Waals surface area contributed by atoms with E-state index >= 15 is 0 Å². The van der Waals surface area contributed by atoms with Gasteiger partial charge in [0, 0.05) is 19.3 Å². The molecule has 0 rings (SSSR count). The topological polar surface area (TPSA) is 78.9 Å². The number of unbranched alkanes of at least 4 members (excludes halogenated alkanes) is 24. The van der Waals surface area contributed by atoms with Gasteiger partial charge in [-0.2, -0.15) is 0 Å². The molecule has 0 aromatic rings. The molecule has 0 heterocycles. The number of allylic oxidation sites excluding steroid dienone is 12. The Morgan fingerprint density at radius 3 is 1.06 bits per heavy atom. The fourth-order valence-corrected chi connectivity index (χ4v) is 7.21. The van der Waals surface area contributed by atoms with Crippen LogP contribution in [0.2, 0.25) is 0 Å². The first-order chi connectivity index (χ1) is 31.0. The summed E-state index contributed by atoms with van der Waals surface area (Å²) in [5, 5.41) is 0. The Bertz CT molecular complexity index is 1190. The lowest BCUT2D eigenvalue weighted by atomic mass is 10.1. The van der Waals surface area contributed by atoms with Crippen molar-refractivity contribution >= 4 is 17.9 Å². The quantitative estimate of drug-likeness (QED) is 0.0262. The van der Waals surface area contributed by atoms with E-state index in [-0.39, 0.29) is 37.5 Å². The van der Waals surface area contributed by atoms with Crippen LogP contribution >= 0.6 is 0 Å². The van der Waals surface area contributed by atoms with Gasteiger partial charge in [-0.05, 0) is 96.3 Å². The van der Waals surface area contributed by atoms with Crippen LogP contribution in [0.15, 0.2) is 72.9 Å². The van der Waals surface area contributed by atoms with Gasteiger partial charge in [0.2, 0.25) is 0 Å². The molecule has 1 unspecified atom stereocenters. The molecule has 0 aliphatic rings. The molecule has 362 valence electrons. The van der Waals surface area contributed by atoms with Crippen molar-refractivity contribution in [3.05, 3.63) is 72.9 Å². The van der Waals surface area contributed by atoms with Crippen molar-refractivity contribution in [2.75, 3.05) is 13.2 Å². The number of esters is 3. The minimum absolute atomic E-state index is 0.105. The molecule has 0 aliphatic carbocycles. The smallest absolute Gasteiger partial charge is 0.306 e. The molecule has 0 saturated heterocycles. The Hall–Kier alpha value is -3.15. The maximum absolute atomic E-state index is 12.8. The number of carbonyl (C=O) groups excluding carboxylic acids is 3. The molecule has 0 radical (unpaired) electrons. The Labute approximate surface area is 389 Å². The molecular formula is C57H98O6.